The third kappa shape index (κ3) is 2.14. The summed E-state index contributed by atoms with van der Waals surface area (Å²) in [6.45, 7) is 0.747. The molecule has 0 fully saturated rings. The van der Waals surface area contributed by atoms with Gasteiger partial charge in [0.2, 0.25) is 0 Å². The van der Waals surface area contributed by atoms with Crippen molar-refractivity contribution in [3.05, 3.63) is 35.9 Å². The molecule has 54 valence electrons. The summed E-state index contributed by atoms with van der Waals surface area (Å²) in [6.07, 6.45) is 0. The van der Waals surface area contributed by atoms with Gasteiger partial charge >= 0.3 is 0 Å². The molecule has 1 aromatic carbocycles. The lowest BCUT2D eigenvalue weighted by Gasteiger charge is -2.00. The van der Waals surface area contributed by atoms with E-state index in [-0.39, 0.29) is 0 Å². The van der Waals surface area contributed by atoms with E-state index in [4.69, 9.17) is 5.84 Å². The molecule has 3 nitrogen and oxygen atoms in total. The lowest BCUT2D eigenvalue weighted by atomic mass is 10.2. The molecule has 0 bridgehead atoms. The number of hydrogen-bond acceptors (Lipinski definition) is 3. The van der Waals surface area contributed by atoms with E-state index in [0.717, 1.165) is 6.54 Å². The molecular weight excluding hydrogens is 126 g/mol. The summed E-state index contributed by atoms with van der Waals surface area (Å²) in [6, 6.07) is 10.0. The molecule has 0 radical (unpaired) electrons. The molecule has 4 N–H and O–H groups in total. The zero-order chi connectivity index (χ0) is 7.23. The predicted molar refractivity (Wildman–Crippen MR) is 40.6 cm³/mol. The van der Waals surface area contributed by atoms with Gasteiger partial charge in [-0.3, -0.25) is 5.84 Å². The van der Waals surface area contributed by atoms with Crippen molar-refractivity contribution in [2.75, 3.05) is 0 Å². The van der Waals surface area contributed by atoms with E-state index in [9.17, 15) is 0 Å². The Hall–Kier alpha value is -0.900. The third-order valence-electron chi connectivity index (χ3n) is 1.24. The molecule has 0 unspecified atom stereocenters. The molecule has 0 saturated carbocycles. The fourth-order valence-electron chi connectivity index (χ4n) is 0.749. The van der Waals surface area contributed by atoms with Crippen LogP contribution in [-0.2, 0) is 6.54 Å². The van der Waals surface area contributed by atoms with Gasteiger partial charge in [0.25, 0.3) is 0 Å². The number of benzene rings is 1. The summed E-state index contributed by atoms with van der Waals surface area (Å²) < 4.78 is 0. The second-order valence-electron chi connectivity index (χ2n) is 1.98. The van der Waals surface area contributed by atoms with E-state index in [1.54, 1.807) is 0 Å². The molecular formula is C7H11N3. The maximum absolute atomic E-state index is 5.02. The monoisotopic (exact) mass is 137 g/mol. The van der Waals surface area contributed by atoms with E-state index in [1.165, 1.54) is 5.56 Å². The summed E-state index contributed by atoms with van der Waals surface area (Å²) in [5.41, 5.74) is 6.37. The highest BCUT2D eigenvalue weighted by molar-refractivity contribution is 5.13. The summed E-state index contributed by atoms with van der Waals surface area (Å²) in [7, 11) is 0. The average Bonchev–Trinajstić information content (AvgIpc) is 2.03. The van der Waals surface area contributed by atoms with Gasteiger partial charge in [0.15, 0.2) is 0 Å². The van der Waals surface area contributed by atoms with E-state index in [1.807, 2.05) is 30.3 Å². The zero-order valence-electron chi connectivity index (χ0n) is 5.67. The Labute approximate surface area is 60.2 Å². The molecule has 0 aliphatic carbocycles. The first-order valence-corrected chi connectivity index (χ1v) is 3.16. The van der Waals surface area contributed by atoms with E-state index < -0.39 is 0 Å². The number of hydrazine groups is 2. The first kappa shape index (κ1) is 7.21. The Bertz CT molecular complexity index is 173. The highest BCUT2D eigenvalue weighted by Crippen LogP contribution is 1.95. The Morgan fingerprint density at radius 3 is 2.50 bits per heavy atom. The van der Waals surface area contributed by atoms with Crippen molar-refractivity contribution in [2.24, 2.45) is 5.84 Å². The molecule has 0 atom stereocenters. The SMILES string of the molecule is NNNCc1ccccc1. The van der Waals surface area contributed by atoms with E-state index in [2.05, 4.69) is 11.0 Å². The predicted octanol–water partition coefficient (Wildman–Crippen LogP) is 0.154. The number of rotatable bonds is 3. The summed E-state index contributed by atoms with van der Waals surface area (Å²) in [5, 5.41) is 0. The standard InChI is InChI=1S/C7H11N3/c8-10-9-6-7-4-2-1-3-5-7/h1-5,9-10H,6,8H2. The average molecular weight is 137 g/mol. The summed E-state index contributed by atoms with van der Waals surface area (Å²) in [5.74, 6) is 5.02. The maximum atomic E-state index is 5.02. The van der Waals surface area contributed by atoms with Crippen molar-refractivity contribution in [1.29, 1.82) is 0 Å². The van der Waals surface area contributed by atoms with Crippen LogP contribution in [-0.4, -0.2) is 0 Å². The second kappa shape index (κ2) is 4.00. The first-order chi connectivity index (χ1) is 4.93. The zero-order valence-corrected chi connectivity index (χ0v) is 5.67. The topological polar surface area (TPSA) is 50.1 Å². The molecule has 0 spiro atoms. The number of hydrogen-bond donors (Lipinski definition) is 3. The lowest BCUT2D eigenvalue weighted by molar-refractivity contribution is 0.553. The van der Waals surface area contributed by atoms with Crippen molar-refractivity contribution < 1.29 is 0 Å². The van der Waals surface area contributed by atoms with Gasteiger partial charge in [0.05, 0.1) is 0 Å². The summed E-state index contributed by atoms with van der Waals surface area (Å²) >= 11 is 0. The van der Waals surface area contributed by atoms with Gasteiger partial charge in [-0.05, 0) is 5.56 Å². The molecule has 10 heavy (non-hydrogen) atoms. The van der Waals surface area contributed by atoms with Crippen molar-refractivity contribution in [3.63, 3.8) is 0 Å². The number of nitrogens with one attached hydrogen (secondary N) is 2. The quantitative estimate of drug-likeness (QED) is 0.410. The van der Waals surface area contributed by atoms with Gasteiger partial charge in [-0.25, -0.2) is 5.43 Å². The molecule has 3 heteroatoms. The van der Waals surface area contributed by atoms with Gasteiger partial charge in [-0.1, -0.05) is 30.3 Å². The fraction of sp³-hybridized carbons (Fsp3) is 0.143. The van der Waals surface area contributed by atoms with Gasteiger partial charge in [-0.15, -0.1) is 0 Å². The van der Waals surface area contributed by atoms with Crippen molar-refractivity contribution in [1.82, 2.24) is 11.0 Å². The lowest BCUT2D eigenvalue weighted by Crippen LogP contribution is -2.36. The van der Waals surface area contributed by atoms with Crippen LogP contribution in [0.3, 0.4) is 0 Å². The molecule has 0 aliphatic rings. The molecule has 1 rings (SSSR count). The highest BCUT2D eigenvalue weighted by atomic mass is 15.5. The molecule has 0 heterocycles. The maximum Gasteiger partial charge on any atom is 0.0364 e. The van der Waals surface area contributed by atoms with Gasteiger partial charge < -0.3 is 0 Å². The largest absolute Gasteiger partial charge is 0.258 e. The van der Waals surface area contributed by atoms with Gasteiger partial charge in [0.1, 0.15) is 0 Å². The Morgan fingerprint density at radius 2 is 1.90 bits per heavy atom. The van der Waals surface area contributed by atoms with Crippen molar-refractivity contribution in [2.45, 2.75) is 6.54 Å². The molecule has 0 aliphatic heterocycles. The minimum atomic E-state index is 0.747. The fourth-order valence-corrected chi connectivity index (χ4v) is 0.749. The number of nitrogens with two attached hydrogens (primary N) is 1. The van der Waals surface area contributed by atoms with Crippen LogP contribution in [0.5, 0.6) is 0 Å². The van der Waals surface area contributed by atoms with Gasteiger partial charge in [0, 0.05) is 6.54 Å². The van der Waals surface area contributed by atoms with Crippen LogP contribution in [0.2, 0.25) is 0 Å². The first-order valence-electron chi connectivity index (χ1n) is 3.16. The minimum Gasteiger partial charge on any atom is -0.258 e. The normalized spacial score (nSPS) is 9.70. The van der Waals surface area contributed by atoms with Crippen LogP contribution in [0.4, 0.5) is 0 Å². The second-order valence-corrected chi connectivity index (χ2v) is 1.98. The van der Waals surface area contributed by atoms with Crippen LogP contribution in [0.1, 0.15) is 5.56 Å². The highest BCUT2D eigenvalue weighted by Gasteiger charge is 1.85. The smallest absolute Gasteiger partial charge is 0.0364 e. The van der Waals surface area contributed by atoms with Gasteiger partial charge in [-0.2, -0.15) is 5.53 Å². The summed E-state index contributed by atoms with van der Waals surface area (Å²) in [4.78, 5) is 0. The molecule has 0 saturated heterocycles. The van der Waals surface area contributed by atoms with Crippen LogP contribution in [0.25, 0.3) is 0 Å². The Kier molecular flexibility index (Phi) is 2.89. The Balaban J connectivity index is 2.43. The molecule has 0 aromatic heterocycles. The van der Waals surface area contributed by atoms with Crippen LogP contribution >= 0.6 is 0 Å². The van der Waals surface area contributed by atoms with Crippen LogP contribution in [0.15, 0.2) is 30.3 Å². The van der Waals surface area contributed by atoms with Crippen molar-refractivity contribution in [3.8, 4) is 0 Å². The van der Waals surface area contributed by atoms with Crippen LogP contribution in [0, 0.1) is 0 Å². The van der Waals surface area contributed by atoms with E-state index in [0.29, 0.717) is 0 Å². The third-order valence-corrected chi connectivity index (χ3v) is 1.24. The molecule has 1 aromatic rings. The van der Waals surface area contributed by atoms with Crippen molar-refractivity contribution >= 4 is 0 Å². The minimum absolute atomic E-state index is 0.747. The molecule has 0 amide bonds. The van der Waals surface area contributed by atoms with E-state index >= 15 is 0 Å². The Morgan fingerprint density at radius 1 is 1.20 bits per heavy atom. The van der Waals surface area contributed by atoms with Crippen LogP contribution < -0.4 is 16.8 Å².